The molecule has 0 spiro atoms. The van der Waals surface area contributed by atoms with Crippen LogP contribution in [0.25, 0.3) is 10.8 Å². The molecule has 6 heteroatoms. The molecule has 2 fully saturated rings. The van der Waals surface area contributed by atoms with Crippen LogP contribution < -0.4 is 10.6 Å². The van der Waals surface area contributed by atoms with Crippen LogP contribution in [0.3, 0.4) is 0 Å². The SMILES string of the molecule is O=C(CN1CCN(Cc2cccc3ccccc23)CC1)Nc1ccccc1C(=O)NC1CC1. The van der Waals surface area contributed by atoms with Gasteiger partial charge >= 0.3 is 0 Å². The third-order valence-electron chi connectivity index (χ3n) is 6.46. The maximum Gasteiger partial charge on any atom is 0.253 e. The van der Waals surface area contributed by atoms with Crippen molar-refractivity contribution in [2.45, 2.75) is 25.4 Å². The Morgan fingerprint density at radius 2 is 1.52 bits per heavy atom. The van der Waals surface area contributed by atoms with E-state index in [9.17, 15) is 9.59 Å². The van der Waals surface area contributed by atoms with Crippen LogP contribution in [0.5, 0.6) is 0 Å². The predicted molar refractivity (Wildman–Crippen MR) is 131 cm³/mol. The van der Waals surface area contributed by atoms with Crippen LogP contribution in [0, 0.1) is 0 Å². The zero-order valence-corrected chi connectivity index (χ0v) is 18.8. The number of nitrogens with zero attached hydrogens (tertiary/aromatic N) is 2. The lowest BCUT2D eigenvalue weighted by Gasteiger charge is -2.34. The highest BCUT2D eigenvalue weighted by Crippen LogP contribution is 2.22. The van der Waals surface area contributed by atoms with Crippen molar-refractivity contribution in [3.63, 3.8) is 0 Å². The van der Waals surface area contributed by atoms with Crippen molar-refractivity contribution in [3.8, 4) is 0 Å². The Balaban J connectivity index is 1.13. The van der Waals surface area contributed by atoms with Gasteiger partial charge in [-0.05, 0) is 41.3 Å². The number of nitrogens with one attached hydrogen (secondary N) is 2. The summed E-state index contributed by atoms with van der Waals surface area (Å²) in [7, 11) is 0. The van der Waals surface area contributed by atoms with Gasteiger partial charge in [-0.15, -0.1) is 0 Å². The number of rotatable bonds is 7. The Hall–Kier alpha value is -3.22. The first-order valence-electron chi connectivity index (χ1n) is 11.8. The number of carbonyl (C=O) groups is 2. The highest BCUT2D eigenvalue weighted by Gasteiger charge is 2.25. The average molecular weight is 443 g/mol. The normalized spacial score (nSPS) is 17.1. The number of piperazine rings is 1. The van der Waals surface area contributed by atoms with Gasteiger partial charge in [0.05, 0.1) is 17.8 Å². The highest BCUT2D eigenvalue weighted by molar-refractivity contribution is 6.04. The number of hydrogen-bond donors (Lipinski definition) is 2. The van der Waals surface area contributed by atoms with Crippen molar-refractivity contribution in [1.82, 2.24) is 15.1 Å². The minimum Gasteiger partial charge on any atom is -0.349 e. The zero-order chi connectivity index (χ0) is 22.6. The predicted octanol–water partition coefficient (Wildman–Crippen LogP) is 3.49. The summed E-state index contributed by atoms with van der Waals surface area (Å²) in [4.78, 5) is 29.8. The first-order valence-corrected chi connectivity index (χ1v) is 11.8. The highest BCUT2D eigenvalue weighted by atomic mass is 16.2. The van der Waals surface area contributed by atoms with E-state index in [0.717, 1.165) is 45.6 Å². The molecular formula is C27H30N4O2. The molecule has 3 aromatic rings. The van der Waals surface area contributed by atoms with Gasteiger partial charge in [0.25, 0.3) is 5.91 Å². The van der Waals surface area contributed by atoms with E-state index in [1.165, 1.54) is 16.3 Å². The molecule has 0 unspecified atom stereocenters. The van der Waals surface area contributed by atoms with E-state index in [4.69, 9.17) is 0 Å². The number of para-hydroxylation sites is 1. The summed E-state index contributed by atoms with van der Waals surface area (Å²) in [5.74, 6) is -0.195. The Morgan fingerprint density at radius 3 is 2.33 bits per heavy atom. The molecule has 2 amide bonds. The fraction of sp³-hybridized carbons (Fsp3) is 0.333. The van der Waals surface area contributed by atoms with Gasteiger partial charge in [0.1, 0.15) is 0 Å². The summed E-state index contributed by atoms with van der Waals surface area (Å²) in [6, 6.07) is 22.5. The molecule has 170 valence electrons. The minimum atomic E-state index is -0.115. The molecule has 5 rings (SSSR count). The minimum absolute atomic E-state index is 0.0795. The number of anilines is 1. The summed E-state index contributed by atoms with van der Waals surface area (Å²) in [6.45, 7) is 4.81. The van der Waals surface area contributed by atoms with Crippen LogP contribution in [0.15, 0.2) is 66.7 Å². The molecule has 2 aliphatic rings. The summed E-state index contributed by atoms with van der Waals surface area (Å²) < 4.78 is 0. The summed E-state index contributed by atoms with van der Waals surface area (Å²) >= 11 is 0. The largest absolute Gasteiger partial charge is 0.349 e. The van der Waals surface area contributed by atoms with E-state index >= 15 is 0 Å². The Kier molecular flexibility index (Phi) is 6.37. The number of hydrogen-bond acceptors (Lipinski definition) is 4. The molecule has 3 aromatic carbocycles. The maximum atomic E-state index is 12.7. The van der Waals surface area contributed by atoms with Gasteiger partial charge in [0, 0.05) is 38.8 Å². The van der Waals surface area contributed by atoms with Crippen molar-refractivity contribution >= 4 is 28.3 Å². The van der Waals surface area contributed by atoms with Crippen LogP contribution in [0.1, 0.15) is 28.8 Å². The molecule has 1 aliphatic carbocycles. The van der Waals surface area contributed by atoms with Gasteiger partial charge in [-0.1, -0.05) is 54.6 Å². The van der Waals surface area contributed by atoms with Crippen molar-refractivity contribution in [3.05, 3.63) is 77.9 Å². The first kappa shape index (κ1) is 21.6. The van der Waals surface area contributed by atoms with Gasteiger partial charge in [0.15, 0.2) is 0 Å². The lowest BCUT2D eigenvalue weighted by atomic mass is 10.0. The molecule has 1 heterocycles. The third-order valence-corrected chi connectivity index (χ3v) is 6.46. The molecule has 1 saturated carbocycles. The molecule has 0 radical (unpaired) electrons. The average Bonchev–Trinajstić information content (AvgIpc) is 3.65. The van der Waals surface area contributed by atoms with E-state index < -0.39 is 0 Å². The van der Waals surface area contributed by atoms with Crippen molar-refractivity contribution < 1.29 is 9.59 Å². The zero-order valence-electron chi connectivity index (χ0n) is 18.8. The van der Waals surface area contributed by atoms with Gasteiger partial charge in [-0.2, -0.15) is 0 Å². The Labute approximate surface area is 194 Å². The number of carbonyl (C=O) groups excluding carboxylic acids is 2. The molecule has 6 nitrogen and oxygen atoms in total. The van der Waals surface area contributed by atoms with Crippen molar-refractivity contribution in [2.75, 3.05) is 38.0 Å². The van der Waals surface area contributed by atoms with E-state index in [0.29, 0.717) is 17.8 Å². The van der Waals surface area contributed by atoms with Crippen molar-refractivity contribution in [1.29, 1.82) is 0 Å². The molecule has 1 saturated heterocycles. The van der Waals surface area contributed by atoms with Crippen LogP contribution in [-0.4, -0.2) is 60.4 Å². The van der Waals surface area contributed by atoms with Gasteiger partial charge in [-0.25, -0.2) is 0 Å². The molecule has 33 heavy (non-hydrogen) atoms. The van der Waals surface area contributed by atoms with E-state index in [1.54, 1.807) is 12.1 Å². The van der Waals surface area contributed by atoms with E-state index in [1.807, 2.05) is 12.1 Å². The van der Waals surface area contributed by atoms with Crippen LogP contribution >= 0.6 is 0 Å². The summed E-state index contributed by atoms with van der Waals surface area (Å²) in [5.41, 5.74) is 2.45. The Morgan fingerprint density at radius 1 is 0.818 bits per heavy atom. The van der Waals surface area contributed by atoms with E-state index in [-0.39, 0.29) is 17.9 Å². The number of benzene rings is 3. The Bertz CT molecular complexity index is 1140. The smallest absolute Gasteiger partial charge is 0.253 e. The third kappa shape index (κ3) is 5.41. The van der Waals surface area contributed by atoms with Crippen molar-refractivity contribution in [2.24, 2.45) is 0 Å². The number of fused-ring (bicyclic) bond motifs is 1. The van der Waals surface area contributed by atoms with Gasteiger partial charge < -0.3 is 10.6 Å². The lowest BCUT2D eigenvalue weighted by Crippen LogP contribution is -2.48. The second kappa shape index (κ2) is 9.73. The topological polar surface area (TPSA) is 64.7 Å². The van der Waals surface area contributed by atoms with Crippen LogP contribution in [-0.2, 0) is 11.3 Å². The first-order chi connectivity index (χ1) is 16.2. The molecule has 2 N–H and O–H groups in total. The second-order valence-corrected chi connectivity index (χ2v) is 9.03. The fourth-order valence-corrected chi connectivity index (χ4v) is 4.45. The second-order valence-electron chi connectivity index (χ2n) is 9.03. The summed E-state index contributed by atoms with van der Waals surface area (Å²) in [6.07, 6.45) is 2.07. The fourth-order valence-electron chi connectivity index (χ4n) is 4.45. The van der Waals surface area contributed by atoms with Gasteiger partial charge in [-0.3, -0.25) is 19.4 Å². The lowest BCUT2D eigenvalue weighted by molar-refractivity contribution is -0.117. The number of amides is 2. The maximum absolute atomic E-state index is 12.7. The molecular weight excluding hydrogens is 412 g/mol. The quantitative estimate of drug-likeness (QED) is 0.588. The molecule has 1 aliphatic heterocycles. The van der Waals surface area contributed by atoms with Crippen LogP contribution in [0.2, 0.25) is 0 Å². The molecule has 0 aromatic heterocycles. The monoisotopic (exact) mass is 442 g/mol. The molecule has 0 bridgehead atoms. The molecule has 0 atom stereocenters. The van der Waals surface area contributed by atoms with Crippen LogP contribution in [0.4, 0.5) is 5.69 Å². The standard InChI is InChI=1S/C27H30N4O2/c32-26(29-25-11-4-3-10-24(25)27(33)28-22-12-13-22)19-31-16-14-30(15-17-31)18-21-8-5-7-20-6-1-2-9-23(20)21/h1-11,22H,12-19H2,(H,28,33)(H,29,32). The van der Waals surface area contributed by atoms with Gasteiger partial charge in [0.2, 0.25) is 5.91 Å². The summed E-state index contributed by atoms with van der Waals surface area (Å²) in [5, 5.41) is 8.53. The van der Waals surface area contributed by atoms with E-state index in [2.05, 4.69) is 62.9 Å².